The Morgan fingerprint density at radius 1 is 1.43 bits per heavy atom. The van der Waals surface area contributed by atoms with Crippen molar-refractivity contribution in [1.82, 2.24) is 10.3 Å². The zero-order valence-electron chi connectivity index (χ0n) is 11.7. The molecule has 0 unspecified atom stereocenters. The third-order valence-corrected chi connectivity index (χ3v) is 4.01. The van der Waals surface area contributed by atoms with Crippen molar-refractivity contribution < 1.29 is 4.79 Å². The average Bonchev–Trinajstić information content (AvgIpc) is 2.78. The summed E-state index contributed by atoms with van der Waals surface area (Å²) in [6.45, 7) is 4.07. The lowest BCUT2D eigenvalue weighted by Crippen LogP contribution is -2.37. The molecule has 0 saturated heterocycles. The molecule has 0 fully saturated rings. The van der Waals surface area contributed by atoms with Gasteiger partial charge in [-0.1, -0.05) is 23.7 Å². The molecule has 2 aromatic rings. The van der Waals surface area contributed by atoms with Crippen LogP contribution in [0, 0.1) is 6.92 Å². The number of hydrogen-bond donors (Lipinski definition) is 2. The Kier molecular flexibility index (Phi) is 6.61. The molecule has 0 saturated carbocycles. The Morgan fingerprint density at radius 2 is 2.05 bits per heavy atom. The predicted molar refractivity (Wildman–Crippen MR) is 90.0 cm³/mol. The van der Waals surface area contributed by atoms with Gasteiger partial charge in [0.15, 0.2) is 0 Å². The number of aryl methyl sites for hydroxylation is 1. The van der Waals surface area contributed by atoms with E-state index < -0.39 is 6.04 Å². The molecular formula is C14H17Cl2N3OS. The molecule has 1 aromatic carbocycles. The Morgan fingerprint density at radius 3 is 2.62 bits per heavy atom. The van der Waals surface area contributed by atoms with E-state index in [1.54, 1.807) is 18.3 Å². The first kappa shape index (κ1) is 17.9. The molecule has 0 aliphatic carbocycles. The van der Waals surface area contributed by atoms with Crippen LogP contribution in [0.5, 0.6) is 0 Å². The number of benzene rings is 1. The van der Waals surface area contributed by atoms with E-state index in [1.807, 2.05) is 31.2 Å². The summed E-state index contributed by atoms with van der Waals surface area (Å²) in [5, 5.41) is 4.32. The molecule has 0 bridgehead atoms. The molecular weight excluding hydrogens is 329 g/mol. The lowest BCUT2D eigenvalue weighted by Gasteiger charge is -2.05. The minimum absolute atomic E-state index is 0. The van der Waals surface area contributed by atoms with Gasteiger partial charge in [-0.15, -0.1) is 23.7 Å². The van der Waals surface area contributed by atoms with Crippen molar-refractivity contribution in [3.8, 4) is 11.3 Å². The molecule has 1 heterocycles. The summed E-state index contributed by atoms with van der Waals surface area (Å²) in [6, 6.07) is 7.05. The van der Waals surface area contributed by atoms with Crippen molar-refractivity contribution in [2.45, 2.75) is 26.4 Å². The van der Waals surface area contributed by atoms with Crippen molar-refractivity contribution in [1.29, 1.82) is 0 Å². The number of nitrogens with zero attached hydrogens (tertiary/aromatic N) is 1. The van der Waals surface area contributed by atoms with Crippen LogP contribution in [0.1, 0.15) is 16.8 Å². The minimum atomic E-state index is -0.508. The summed E-state index contributed by atoms with van der Waals surface area (Å²) in [5.41, 5.74) is 7.45. The van der Waals surface area contributed by atoms with Gasteiger partial charge in [-0.05, 0) is 26.0 Å². The molecule has 21 heavy (non-hydrogen) atoms. The van der Waals surface area contributed by atoms with E-state index in [4.69, 9.17) is 17.3 Å². The standard InChI is InChI=1S/C14H16ClN3OS.ClH/c1-8(16)14(19)17-7-12-18-13(9(2)20-12)10-3-5-11(15)6-4-10;/h3-6,8H,7,16H2,1-2H3,(H,17,19);1H/t8-;/m1./s1. The molecule has 1 aromatic heterocycles. The molecule has 7 heteroatoms. The maximum atomic E-state index is 11.4. The molecule has 0 aliphatic rings. The van der Waals surface area contributed by atoms with Crippen LogP contribution in [0.25, 0.3) is 11.3 Å². The molecule has 2 rings (SSSR count). The van der Waals surface area contributed by atoms with Crippen molar-refractivity contribution in [3.05, 3.63) is 39.2 Å². The maximum Gasteiger partial charge on any atom is 0.236 e. The van der Waals surface area contributed by atoms with E-state index in [0.717, 1.165) is 21.1 Å². The van der Waals surface area contributed by atoms with E-state index in [9.17, 15) is 4.79 Å². The van der Waals surface area contributed by atoms with Crippen LogP contribution < -0.4 is 11.1 Å². The summed E-state index contributed by atoms with van der Waals surface area (Å²) in [4.78, 5) is 17.1. The monoisotopic (exact) mass is 345 g/mol. The number of amides is 1. The first-order chi connectivity index (χ1) is 9.47. The predicted octanol–water partition coefficient (Wildman–Crippen LogP) is 3.16. The number of hydrogen-bond acceptors (Lipinski definition) is 4. The Balaban J connectivity index is 0.00000220. The molecule has 114 valence electrons. The van der Waals surface area contributed by atoms with E-state index in [1.165, 1.54) is 0 Å². The fourth-order valence-corrected chi connectivity index (χ4v) is 2.75. The van der Waals surface area contributed by atoms with E-state index >= 15 is 0 Å². The molecule has 3 N–H and O–H groups in total. The topological polar surface area (TPSA) is 68.0 Å². The van der Waals surface area contributed by atoms with Crippen LogP contribution >= 0.6 is 35.3 Å². The van der Waals surface area contributed by atoms with Crippen LogP contribution in [0.4, 0.5) is 0 Å². The second-order valence-corrected chi connectivity index (χ2v) is 6.25. The number of carbonyl (C=O) groups excluding carboxylic acids is 1. The number of nitrogens with two attached hydrogens (primary N) is 1. The van der Waals surface area contributed by atoms with Gasteiger partial charge in [0.1, 0.15) is 5.01 Å². The van der Waals surface area contributed by atoms with E-state index in [-0.39, 0.29) is 18.3 Å². The third kappa shape index (κ3) is 4.68. The number of rotatable bonds is 4. The highest BCUT2D eigenvalue weighted by atomic mass is 35.5. The SMILES string of the molecule is Cc1sc(CNC(=O)[C@@H](C)N)nc1-c1ccc(Cl)cc1.Cl. The minimum Gasteiger partial charge on any atom is -0.348 e. The summed E-state index contributed by atoms with van der Waals surface area (Å²) < 4.78 is 0. The van der Waals surface area contributed by atoms with Crippen molar-refractivity contribution in [2.75, 3.05) is 0 Å². The van der Waals surface area contributed by atoms with Crippen molar-refractivity contribution in [2.24, 2.45) is 5.73 Å². The molecule has 1 atom stereocenters. The summed E-state index contributed by atoms with van der Waals surface area (Å²) in [7, 11) is 0. The van der Waals surface area contributed by atoms with Gasteiger partial charge < -0.3 is 11.1 Å². The molecule has 1 amide bonds. The van der Waals surface area contributed by atoms with Gasteiger partial charge in [-0.25, -0.2) is 4.98 Å². The van der Waals surface area contributed by atoms with Crippen LogP contribution in [0.2, 0.25) is 5.02 Å². The van der Waals surface area contributed by atoms with Gasteiger partial charge in [0.25, 0.3) is 0 Å². The smallest absolute Gasteiger partial charge is 0.236 e. The number of carbonyl (C=O) groups is 1. The van der Waals surface area contributed by atoms with Crippen LogP contribution in [-0.2, 0) is 11.3 Å². The average molecular weight is 346 g/mol. The molecule has 0 radical (unpaired) electrons. The fourth-order valence-electron chi connectivity index (χ4n) is 1.73. The highest BCUT2D eigenvalue weighted by molar-refractivity contribution is 7.12. The van der Waals surface area contributed by atoms with Crippen LogP contribution in [0.3, 0.4) is 0 Å². The van der Waals surface area contributed by atoms with E-state index in [2.05, 4.69) is 10.3 Å². The highest BCUT2D eigenvalue weighted by Gasteiger charge is 2.12. The highest BCUT2D eigenvalue weighted by Crippen LogP contribution is 2.28. The number of halogens is 2. The normalized spacial score (nSPS) is 11.6. The second-order valence-electron chi connectivity index (χ2n) is 4.53. The Hall–Kier alpha value is -1.14. The van der Waals surface area contributed by atoms with Crippen LogP contribution in [-0.4, -0.2) is 16.9 Å². The number of nitrogens with one attached hydrogen (secondary N) is 1. The third-order valence-electron chi connectivity index (χ3n) is 2.79. The van der Waals surface area contributed by atoms with Crippen LogP contribution in [0.15, 0.2) is 24.3 Å². The van der Waals surface area contributed by atoms with Crippen molar-refractivity contribution in [3.63, 3.8) is 0 Å². The quantitative estimate of drug-likeness (QED) is 0.894. The van der Waals surface area contributed by atoms with E-state index in [0.29, 0.717) is 11.6 Å². The molecule has 0 aliphatic heterocycles. The lowest BCUT2D eigenvalue weighted by atomic mass is 10.1. The first-order valence-corrected chi connectivity index (χ1v) is 7.42. The fraction of sp³-hybridized carbons (Fsp3) is 0.286. The zero-order chi connectivity index (χ0) is 14.7. The number of aromatic nitrogens is 1. The second kappa shape index (κ2) is 7.75. The number of thiazole rings is 1. The van der Waals surface area contributed by atoms with Gasteiger partial charge >= 0.3 is 0 Å². The van der Waals surface area contributed by atoms with Gasteiger partial charge in [0.05, 0.1) is 18.3 Å². The van der Waals surface area contributed by atoms with Gasteiger partial charge in [-0.3, -0.25) is 4.79 Å². The zero-order valence-corrected chi connectivity index (χ0v) is 14.1. The van der Waals surface area contributed by atoms with Gasteiger partial charge in [0.2, 0.25) is 5.91 Å². The molecule has 0 spiro atoms. The lowest BCUT2D eigenvalue weighted by molar-refractivity contribution is -0.122. The first-order valence-electron chi connectivity index (χ1n) is 6.23. The summed E-state index contributed by atoms with van der Waals surface area (Å²) >= 11 is 7.45. The van der Waals surface area contributed by atoms with Gasteiger partial charge in [-0.2, -0.15) is 0 Å². The molecule has 4 nitrogen and oxygen atoms in total. The van der Waals surface area contributed by atoms with Gasteiger partial charge in [0, 0.05) is 15.5 Å². The maximum absolute atomic E-state index is 11.4. The van der Waals surface area contributed by atoms with Crippen molar-refractivity contribution >= 4 is 41.3 Å². The summed E-state index contributed by atoms with van der Waals surface area (Å²) in [5.74, 6) is -0.175. The summed E-state index contributed by atoms with van der Waals surface area (Å²) in [6.07, 6.45) is 0. The Labute approximate surface area is 139 Å². The Bertz CT molecular complexity index is 611. The largest absolute Gasteiger partial charge is 0.348 e.